The highest BCUT2D eigenvalue weighted by atomic mass is 28.3. The Morgan fingerprint density at radius 3 is 1.92 bits per heavy atom. The van der Waals surface area contributed by atoms with Crippen molar-refractivity contribution < 1.29 is 0 Å². The molecule has 0 heterocycles. The molecule has 0 bridgehead atoms. The van der Waals surface area contributed by atoms with Crippen LogP contribution in [-0.2, 0) is 5.41 Å². The molecule has 2 aliphatic carbocycles. The summed E-state index contributed by atoms with van der Waals surface area (Å²) in [5.74, 6) is 0. The molecule has 1 saturated carbocycles. The fourth-order valence-electron chi connectivity index (χ4n) is 6.73. The van der Waals surface area contributed by atoms with Gasteiger partial charge >= 0.3 is 0 Å². The third-order valence-electron chi connectivity index (χ3n) is 7.01. The molecule has 1 spiro atoms. The van der Waals surface area contributed by atoms with E-state index < -0.39 is 8.07 Å². The lowest BCUT2D eigenvalue weighted by Gasteiger charge is -2.69. The molecule has 26 heavy (non-hydrogen) atoms. The first kappa shape index (κ1) is 17.8. The van der Waals surface area contributed by atoms with Gasteiger partial charge in [-0.05, 0) is 39.5 Å². The zero-order valence-corrected chi connectivity index (χ0v) is 18.4. The Labute approximate surface area is 160 Å². The van der Waals surface area contributed by atoms with E-state index >= 15 is 0 Å². The van der Waals surface area contributed by atoms with Crippen LogP contribution in [0, 0.1) is 10.8 Å². The van der Waals surface area contributed by atoms with E-state index in [2.05, 4.69) is 102 Å². The van der Waals surface area contributed by atoms with Crippen molar-refractivity contribution in [2.45, 2.75) is 59.2 Å². The summed E-state index contributed by atoms with van der Waals surface area (Å²) in [6, 6.07) is 17.9. The van der Waals surface area contributed by atoms with Crippen LogP contribution < -0.4 is 0 Å². The van der Waals surface area contributed by atoms with E-state index in [0.717, 1.165) is 0 Å². The van der Waals surface area contributed by atoms with Gasteiger partial charge in [-0.3, -0.25) is 0 Å². The summed E-state index contributed by atoms with van der Waals surface area (Å²) in [5.41, 5.74) is 6.60. The summed E-state index contributed by atoms with van der Waals surface area (Å²) in [5, 5.41) is 1.75. The molecule has 0 nitrogen and oxygen atoms in total. The second-order valence-electron chi connectivity index (χ2n) is 10.6. The van der Waals surface area contributed by atoms with Gasteiger partial charge in [0.05, 0.1) is 8.07 Å². The fourth-order valence-corrected chi connectivity index (χ4v) is 9.25. The maximum Gasteiger partial charge on any atom is 0.0736 e. The SMILES string of the molecule is CC1(C)CC(C)(C)C12C([Si](C)(C)C)=Cc1c(-c3ccccc3)cccc12. The first-order valence-corrected chi connectivity index (χ1v) is 13.4. The minimum Gasteiger partial charge on any atom is -0.0691 e. The van der Waals surface area contributed by atoms with Crippen LogP contribution in [0.5, 0.6) is 0 Å². The molecule has 2 aliphatic rings. The Balaban J connectivity index is 2.06. The summed E-state index contributed by atoms with van der Waals surface area (Å²) in [6.07, 6.45) is 3.89. The quantitative estimate of drug-likeness (QED) is 0.492. The van der Waals surface area contributed by atoms with Gasteiger partial charge in [0, 0.05) is 5.41 Å². The van der Waals surface area contributed by atoms with Crippen LogP contribution in [0.3, 0.4) is 0 Å². The van der Waals surface area contributed by atoms with Gasteiger partial charge in [0.2, 0.25) is 0 Å². The molecule has 0 N–H and O–H groups in total. The van der Waals surface area contributed by atoms with Crippen LogP contribution in [0.4, 0.5) is 0 Å². The van der Waals surface area contributed by atoms with E-state index in [1.54, 1.807) is 10.8 Å². The van der Waals surface area contributed by atoms with Gasteiger partial charge in [0.1, 0.15) is 0 Å². The molecule has 4 rings (SSSR count). The predicted molar refractivity (Wildman–Crippen MR) is 117 cm³/mol. The molecule has 0 atom stereocenters. The molecule has 0 aliphatic heterocycles. The van der Waals surface area contributed by atoms with Crippen molar-refractivity contribution in [3.05, 3.63) is 64.9 Å². The monoisotopic (exact) mass is 360 g/mol. The smallest absolute Gasteiger partial charge is 0.0691 e. The van der Waals surface area contributed by atoms with Crippen LogP contribution in [0.2, 0.25) is 19.6 Å². The van der Waals surface area contributed by atoms with Crippen molar-refractivity contribution in [3.63, 3.8) is 0 Å². The average molecular weight is 361 g/mol. The number of allylic oxidation sites excluding steroid dienone is 1. The van der Waals surface area contributed by atoms with Crippen molar-refractivity contribution >= 4 is 14.1 Å². The molecule has 136 valence electrons. The lowest BCUT2D eigenvalue weighted by Crippen LogP contribution is -2.66. The molecule has 2 aromatic carbocycles. The summed E-state index contributed by atoms with van der Waals surface area (Å²) in [7, 11) is -1.47. The molecule has 1 fully saturated rings. The third-order valence-corrected chi connectivity index (χ3v) is 9.15. The number of hydrogen-bond acceptors (Lipinski definition) is 0. The topological polar surface area (TPSA) is 0 Å². The maximum absolute atomic E-state index is 2.60. The Morgan fingerprint density at radius 2 is 1.38 bits per heavy atom. The fraction of sp³-hybridized carbons (Fsp3) is 0.440. The Bertz CT molecular complexity index is 877. The van der Waals surface area contributed by atoms with E-state index in [1.807, 2.05) is 0 Å². The number of hydrogen-bond donors (Lipinski definition) is 0. The maximum atomic E-state index is 2.60. The van der Waals surface area contributed by atoms with Crippen LogP contribution in [0.15, 0.2) is 53.7 Å². The Hall–Kier alpha value is -1.60. The Morgan fingerprint density at radius 1 is 0.769 bits per heavy atom. The summed E-state index contributed by atoms with van der Waals surface area (Å²) >= 11 is 0. The predicted octanol–water partition coefficient (Wildman–Crippen LogP) is 7.32. The molecule has 0 amide bonds. The van der Waals surface area contributed by atoms with Crippen LogP contribution >= 0.6 is 0 Å². The largest absolute Gasteiger partial charge is 0.0736 e. The summed E-state index contributed by atoms with van der Waals surface area (Å²) in [6.45, 7) is 17.6. The lowest BCUT2D eigenvalue weighted by molar-refractivity contribution is -0.0852. The van der Waals surface area contributed by atoms with Gasteiger partial charge in [-0.25, -0.2) is 0 Å². The zero-order valence-electron chi connectivity index (χ0n) is 17.4. The van der Waals surface area contributed by atoms with Crippen molar-refractivity contribution in [3.8, 4) is 11.1 Å². The van der Waals surface area contributed by atoms with Gasteiger partial charge in [0.15, 0.2) is 0 Å². The minimum absolute atomic E-state index is 0.185. The first-order chi connectivity index (χ1) is 12.0. The minimum atomic E-state index is -1.47. The van der Waals surface area contributed by atoms with E-state index in [4.69, 9.17) is 0 Å². The van der Waals surface area contributed by atoms with Crippen LogP contribution in [-0.4, -0.2) is 8.07 Å². The van der Waals surface area contributed by atoms with Gasteiger partial charge in [-0.1, -0.05) is 107 Å². The third kappa shape index (κ3) is 2.07. The van der Waals surface area contributed by atoms with E-state index in [0.29, 0.717) is 10.8 Å². The standard InChI is InChI=1S/C25H32Si/c1-23(2)17-24(3,4)25(23)21-15-11-14-19(18-12-9-8-10-13-18)20(21)16-22(25)26(5,6)7/h8-16H,17H2,1-7H3. The molecular formula is C25H32Si. The summed E-state index contributed by atoms with van der Waals surface area (Å²) in [4.78, 5) is 0. The molecule has 1 heteroatoms. The summed E-state index contributed by atoms with van der Waals surface area (Å²) < 4.78 is 0. The lowest BCUT2D eigenvalue weighted by atomic mass is 9.37. The number of benzene rings is 2. The average Bonchev–Trinajstić information content (AvgIpc) is 2.93. The second kappa shape index (κ2) is 5.22. The van der Waals surface area contributed by atoms with E-state index in [1.165, 1.54) is 23.1 Å². The molecule has 0 saturated heterocycles. The zero-order chi connectivity index (χ0) is 19.0. The van der Waals surface area contributed by atoms with Gasteiger partial charge in [0.25, 0.3) is 0 Å². The van der Waals surface area contributed by atoms with Crippen molar-refractivity contribution in [1.82, 2.24) is 0 Å². The van der Waals surface area contributed by atoms with Gasteiger partial charge < -0.3 is 0 Å². The van der Waals surface area contributed by atoms with Gasteiger partial charge in [-0.2, -0.15) is 0 Å². The molecular weight excluding hydrogens is 328 g/mol. The second-order valence-corrected chi connectivity index (χ2v) is 15.7. The normalized spacial score (nSPS) is 21.9. The van der Waals surface area contributed by atoms with Gasteiger partial charge in [-0.15, -0.1) is 0 Å². The van der Waals surface area contributed by atoms with Crippen LogP contribution in [0.1, 0.15) is 45.2 Å². The van der Waals surface area contributed by atoms with Crippen molar-refractivity contribution in [1.29, 1.82) is 0 Å². The molecule has 0 aromatic heterocycles. The first-order valence-electron chi connectivity index (χ1n) is 9.94. The van der Waals surface area contributed by atoms with Crippen molar-refractivity contribution in [2.75, 3.05) is 0 Å². The molecule has 2 aromatic rings. The van der Waals surface area contributed by atoms with E-state index in [-0.39, 0.29) is 5.41 Å². The highest BCUT2D eigenvalue weighted by molar-refractivity contribution is 6.84. The number of fused-ring (bicyclic) bond motifs is 2. The van der Waals surface area contributed by atoms with Crippen molar-refractivity contribution in [2.24, 2.45) is 10.8 Å². The highest BCUT2D eigenvalue weighted by Gasteiger charge is 2.70. The molecule has 0 radical (unpaired) electrons. The number of rotatable bonds is 2. The molecule has 0 unspecified atom stereocenters. The highest BCUT2D eigenvalue weighted by Crippen LogP contribution is 2.75. The Kier molecular flexibility index (Phi) is 3.58. The van der Waals surface area contributed by atoms with Crippen LogP contribution in [0.25, 0.3) is 17.2 Å². The van der Waals surface area contributed by atoms with E-state index in [9.17, 15) is 0 Å².